The first-order valence-corrected chi connectivity index (χ1v) is 9.75. The highest BCUT2D eigenvalue weighted by Crippen LogP contribution is 2.30. The molecule has 1 fully saturated rings. The van der Waals surface area contributed by atoms with E-state index >= 15 is 0 Å². The third-order valence-electron chi connectivity index (χ3n) is 5.79. The standard InChI is InChI=1S/C22H26N4O2/c1-15-16(2)20(27-3)5-4-19(15)14-26-12-8-17(9-13-26)21-24-22(28-25-21)18-6-10-23-11-7-18/h4-7,10-11,17H,8-9,12-14H2,1-3H3. The van der Waals surface area contributed by atoms with Crippen molar-refractivity contribution in [3.05, 3.63) is 59.2 Å². The SMILES string of the molecule is COc1ccc(CN2CCC(c3noc(-c4ccncc4)n3)CC2)c(C)c1C. The number of nitrogens with zero attached hydrogens (tertiary/aromatic N) is 4. The van der Waals surface area contributed by atoms with Gasteiger partial charge in [-0.3, -0.25) is 9.88 Å². The monoisotopic (exact) mass is 378 g/mol. The minimum atomic E-state index is 0.356. The average molecular weight is 378 g/mol. The number of ether oxygens (including phenoxy) is 1. The lowest BCUT2D eigenvalue weighted by Crippen LogP contribution is -2.33. The number of aromatic nitrogens is 3. The normalized spacial score (nSPS) is 15.7. The molecule has 6 heteroatoms. The van der Waals surface area contributed by atoms with E-state index in [1.54, 1.807) is 19.5 Å². The van der Waals surface area contributed by atoms with Crippen molar-refractivity contribution in [1.29, 1.82) is 0 Å². The van der Waals surface area contributed by atoms with Crippen LogP contribution in [0.3, 0.4) is 0 Å². The van der Waals surface area contributed by atoms with Crippen LogP contribution in [0.5, 0.6) is 5.75 Å². The molecule has 2 aromatic heterocycles. The third-order valence-corrected chi connectivity index (χ3v) is 5.79. The maximum Gasteiger partial charge on any atom is 0.258 e. The van der Waals surface area contributed by atoms with Gasteiger partial charge in [-0.15, -0.1) is 0 Å². The first-order valence-electron chi connectivity index (χ1n) is 9.75. The number of methoxy groups -OCH3 is 1. The number of likely N-dealkylation sites (tertiary alicyclic amines) is 1. The minimum Gasteiger partial charge on any atom is -0.496 e. The molecule has 3 aromatic rings. The fourth-order valence-corrected chi connectivity index (χ4v) is 3.85. The molecule has 3 heterocycles. The Labute approximate surface area is 165 Å². The molecule has 0 spiro atoms. The second-order valence-corrected chi connectivity index (χ2v) is 7.42. The first-order chi connectivity index (χ1) is 13.7. The molecule has 0 radical (unpaired) electrons. The van der Waals surface area contributed by atoms with Gasteiger partial charge in [0.1, 0.15) is 5.75 Å². The van der Waals surface area contributed by atoms with Gasteiger partial charge in [0.15, 0.2) is 5.82 Å². The van der Waals surface area contributed by atoms with Crippen LogP contribution in [0.25, 0.3) is 11.5 Å². The molecule has 0 aliphatic carbocycles. The van der Waals surface area contributed by atoms with Crippen LogP contribution in [-0.2, 0) is 6.54 Å². The van der Waals surface area contributed by atoms with Gasteiger partial charge in [0.05, 0.1) is 7.11 Å². The number of hydrogen-bond acceptors (Lipinski definition) is 6. The van der Waals surface area contributed by atoms with Crippen LogP contribution in [0.15, 0.2) is 41.2 Å². The summed E-state index contributed by atoms with van der Waals surface area (Å²) in [5.41, 5.74) is 4.83. The molecule has 6 nitrogen and oxygen atoms in total. The Balaban J connectivity index is 1.38. The Morgan fingerprint density at radius 2 is 1.82 bits per heavy atom. The Bertz CT molecular complexity index is 931. The maximum atomic E-state index is 5.46. The van der Waals surface area contributed by atoms with Crippen molar-refractivity contribution in [2.45, 2.75) is 39.2 Å². The van der Waals surface area contributed by atoms with Crippen molar-refractivity contribution in [3.63, 3.8) is 0 Å². The molecule has 1 aliphatic heterocycles. The summed E-state index contributed by atoms with van der Waals surface area (Å²) in [5, 5.41) is 4.23. The quantitative estimate of drug-likeness (QED) is 0.665. The smallest absolute Gasteiger partial charge is 0.258 e. The van der Waals surface area contributed by atoms with E-state index in [1.165, 1.54) is 16.7 Å². The Kier molecular flexibility index (Phi) is 5.39. The zero-order valence-electron chi connectivity index (χ0n) is 16.7. The number of benzene rings is 1. The van der Waals surface area contributed by atoms with E-state index in [2.05, 4.69) is 46.0 Å². The minimum absolute atomic E-state index is 0.356. The van der Waals surface area contributed by atoms with Crippen molar-refractivity contribution in [3.8, 4) is 17.2 Å². The molecule has 1 aliphatic rings. The number of rotatable bonds is 5. The van der Waals surface area contributed by atoms with E-state index in [-0.39, 0.29) is 0 Å². The predicted octanol–water partition coefficient (Wildman–Crippen LogP) is 4.14. The first kappa shape index (κ1) is 18.6. The van der Waals surface area contributed by atoms with Crippen LogP contribution in [0.1, 0.15) is 41.3 Å². The second kappa shape index (κ2) is 8.10. The Morgan fingerprint density at radius 1 is 1.07 bits per heavy atom. The topological polar surface area (TPSA) is 64.3 Å². The van der Waals surface area contributed by atoms with Crippen LogP contribution >= 0.6 is 0 Å². The van der Waals surface area contributed by atoms with Gasteiger partial charge in [0.2, 0.25) is 0 Å². The van der Waals surface area contributed by atoms with Gasteiger partial charge in [-0.05, 0) is 74.7 Å². The summed E-state index contributed by atoms with van der Waals surface area (Å²) in [6.07, 6.45) is 5.56. The predicted molar refractivity (Wildman–Crippen MR) is 107 cm³/mol. The molecular weight excluding hydrogens is 352 g/mol. The van der Waals surface area contributed by atoms with Gasteiger partial charge < -0.3 is 9.26 Å². The molecule has 28 heavy (non-hydrogen) atoms. The molecular formula is C22H26N4O2. The van der Waals surface area contributed by atoms with Crippen molar-refractivity contribution in [1.82, 2.24) is 20.0 Å². The van der Waals surface area contributed by atoms with Crippen LogP contribution in [0.2, 0.25) is 0 Å². The largest absolute Gasteiger partial charge is 0.496 e. The van der Waals surface area contributed by atoms with Gasteiger partial charge in [-0.25, -0.2) is 0 Å². The lowest BCUT2D eigenvalue weighted by atomic mass is 9.95. The van der Waals surface area contributed by atoms with E-state index in [0.717, 1.165) is 49.6 Å². The molecule has 0 unspecified atom stereocenters. The van der Waals surface area contributed by atoms with E-state index in [9.17, 15) is 0 Å². The molecule has 0 N–H and O–H groups in total. The molecule has 0 amide bonds. The van der Waals surface area contributed by atoms with Gasteiger partial charge >= 0.3 is 0 Å². The number of pyridine rings is 1. The highest BCUT2D eigenvalue weighted by Gasteiger charge is 2.25. The summed E-state index contributed by atoms with van der Waals surface area (Å²) in [5.74, 6) is 2.71. The second-order valence-electron chi connectivity index (χ2n) is 7.42. The van der Waals surface area contributed by atoms with Crippen molar-refractivity contribution in [2.24, 2.45) is 0 Å². The Hall–Kier alpha value is -2.73. The zero-order valence-corrected chi connectivity index (χ0v) is 16.7. The molecule has 146 valence electrons. The van der Waals surface area contributed by atoms with Gasteiger partial charge in [-0.1, -0.05) is 11.2 Å². The van der Waals surface area contributed by atoms with E-state index in [1.807, 2.05) is 12.1 Å². The molecule has 0 saturated carbocycles. The summed E-state index contributed by atoms with van der Waals surface area (Å²) in [6.45, 7) is 7.35. The molecule has 0 atom stereocenters. The fraction of sp³-hybridized carbons (Fsp3) is 0.409. The van der Waals surface area contributed by atoms with Crippen LogP contribution < -0.4 is 4.74 Å². The van der Waals surface area contributed by atoms with Crippen molar-refractivity contribution >= 4 is 0 Å². The molecule has 1 saturated heterocycles. The van der Waals surface area contributed by atoms with Gasteiger partial charge in [0, 0.05) is 30.4 Å². The zero-order chi connectivity index (χ0) is 19.5. The lowest BCUT2D eigenvalue weighted by molar-refractivity contribution is 0.200. The Morgan fingerprint density at radius 3 is 2.54 bits per heavy atom. The summed E-state index contributed by atoms with van der Waals surface area (Å²) in [7, 11) is 1.73. The maximum absolute atomic E-state index is 5.46. The number of hydrogen-bond donors (Lipinski definition) is 0. The van der Waals surface area contributed by atoms with E-state index in [0.29, 0.717) is 11.8 Å². The third kappa shape index (κ3) is 3.78. The summed E-state index contributed by atoms with van der Waals surface area (Å²) in [4.78, 5) is 11.2. The molecule has 4 rings (SSSR count). The number of piperidine rings is 1. The van der Waals surface area contributed by atoms with Crippen molar-refractivity contribution < 1.29 is 9.26 Å². The van der Waals surface area contributed by atoms with Crippen LogP contribution in [0.4, 0.5) is 0 Å². The van der Waals surface area contributed by atoms with Gasteiger partial charge in [-0.2, -0.15) is 4.98 Å². The summed E-state index contributed by atoms with van der Waals surface area (Å²) in [6, 6.07) is 8.04. The lowest BCUT2D eigenvalue weighted by Gasteiger charge is -2.31. The fourth-order valence-electron chi connectivity index (χ4n) is 3.85. The van der Waals surface area contributed by atoms with Crippen LogP contribution in [-0.4, -0.2) is 40.2 Å². The van der Waals surface area contributed by atoms with E-state index < -0.39 is 0 Å². The highest BCUT2D eigenvalue weighted by molar-refractivity contribution is 5.51. The average Bonchev–Trinajstić information content (AvgIpc) is 3.23. The van der Waals surface area contributed by atoms with E-state index in [4.69, 9.17) is 9.26 Å². The summed E-state index contributed by atoms with van der Waals surface area (Å²) >= 11 is 0. The molecule has 1 aromatic carbocycles. The highest BCUT2D eigenvalue weighted by atomic mass is 16.5. The molecule has 0 bridgehead atoms. The van der Waals surface area contributed by atoms with Crippen molar-refractivity contribution in [2.75, 3.05) is 20.2 Å². The van der Waals surface area contributed by atoms with Crippen LogP contribution in [0, 0.1) is 13.8 Å². The summed E-state index contributed by atoms with van der Waals surface area (Å²) < 4.78 is 10.9. The van der Waals surface area contributed by atoms with Gasteiger partial charge in [0.25, 0.3) is 5.89 Å².